The van der Waals surface area contributed by atoms with Gasteiger partial charge in [0.15, 0.2) is 0 Å². The molecule has 1 aromatic carbocycles. The molecule has 1 unspecified atom stereocenters. The SMILES string of the molecule is COc1ccn(C[C@@H](C[O][Tl])OCP(=O)(O)OCc2ccccc2)c(=O)n1. The molecule has 2 atom stereocenters. The number of ether oxygens (including phenoxy) is 2. The summed E-state index contributed by atoms with van der Waals surface area (Å²) in [5.41, 5.74) is 0.273. The van der Waals surface area contributed by atoms with Gasteiger partial charge in [-0.2, -0.15) is 0 Å². The van der Waals surface area contributed by atoms with Crippen molar-refractivity contribution in [2.75, 3.05) is 20.1 Å². The first kappa shape index (κ1) is 22.2. The van der Waals surface area contributed by atoms with Gasteiger partial charge in [0.25, 0.3) is 0 Å². The van der Waals surface area contributed by atoms with Gasteiger partial charge in [0, 0.05) is 0 Å². The Morgan fingerprint density at radius 1 is 1.30 bits per heavy atom. The van der Waals surface area contributed by atoms with Crippen molar-refractivity contribution in [3.8, 4) is 5.88 Å². The number of rotatable bonds is 11. The first-order valence-corrected chi connectivity index (χ1v) is 11.6. The van der Waals surface area contributed by atoms with Gasteiger partial charge >= 0.3 is 173 Å². The zero-order chi connectivity index (χ0) is 19.7. The average Bonchev–Trinajstić information content (AvgIpc) is 2.67. The average molecular weight is 588 g/mol. The minimum atomic E-state index is -3.95. The van der Waals surface area contributed by atoms with E-state index in [4.69, 9.17) is 16.7 Å². The molecule has 0 bridgehead atoms. The van der Waals surface area contributed by atoms with E-state index in [1.54, 1.807) is 18.2 Å². The maximum atomic E-state index is 12.2. The van der Waals surface area contributed by atoms with Gasteiger partial charge < -0.3 is 0 Å². The molecule has 0 saturated heterocycles. The van der Waals surface area contributed by atoms with Crippen molar-refractivity contribution < 1.29 is 26.1 Å². The molecule has 0 fully saturated rings. The molecule has 0 radical (unpaired) electrons. The molecule has 0 saturated carbocycles. The van der Waals surface area contributed by atoms with Crippen LogP contribution in [0, 0.1) is 0 Å². The summed E-state index contributed by atoms with van der Waals surface area (Å²) in [7, 11) is -2.53. The van der Waals surface area contributed by atoms with E-state index in [1.807, 2.05) is 18.2 Å². The van der Waals surface area contributed by atoms with Crippen LogP contribution in [0.2, 0.25) is 0 Å². The topological polar surface area (TPSA) is 109 Å². The predicted molar refractivity (Wildman–Crippen MR) is 97.6 cm³/mol. The normalized spacial score (nSPS) is 14.4. The minimum absolute atomic E-state index is 0.00305. The Bertz CT molecular complexity index is 818. The van der Waals surface area contributed by atoms with Gasteiger partial charge in [0.1, 0.15) is 0 Å². The van der Waals surface area contributed by atoms with Crippen LogP contribution < -0.4 is 10.4 Å². The van der Waals surface area contributed by atoms with E-state index in [-0.39, 0.29) is 51.9 Å². The fourth-order valence-corrected chi connectivity index (χ4v) is 3.79. The van der Waals surface area contributed by atoms with Crippen LogP contribution in [-0.4, -0.2) is 66.8 Å². The molecular weight excluding hydrogens is 568 g/mol. The first-order valence-electron chi connectivity index (χ1n) is 7.98. The van der Waals surface area contributed by atoms with Gasteiger partial charge in [-0.1, -0.05) is 0 Å². The molecule has 0 spiro atoms. The fraction of sp³-hybridized carbons (Fsp3) is 0.375. The van der Waals surface area contributed by atoms with E-state index in [1.165, 1.54) is 17.9 Å². The Balaban J connectivity index is 1.92. The van der Waals surface area contributed by atoms with Gasteiger partial charge in [-0.3, -0.25) is 0 Å². The summed E-state index contributed by atoms with van der Waals surface area (Å²) in [5, 5.41) is 0. The van der Waals surface area contributed by atoms with Crippen LogP contribution in [0.1, 0.15) is 5.56 Å². The quantitative estimate of drug-likeness (QED) is 0.308. The van der Waals surface area contributed by atoms with E-state index >= 15 is 0 Å². The third-order valence-corrected chi connectivity index (χ3v) is 5.25. The number of nitrogens with zero attached hydrogens (tertiary/aromatic N) is 2. The Morgan fingerprint density at radius 3 is 2.67 bits per heavy atom. The molecule has 1 heterocycles. The van der Waals surface area contributed by atoms with Crippen molar-refractivity contribution in [2.24, 2.45) is 0 Å². The van der Waals surface area contributed by atoms with Crippen LogP contribution in [0.5, 0.6) is 5.88 Å². The summed E-state index contributed by atoms with van der Waals surface area (Å²) < 4.78 is 34.2. The summed E-state index contributed by atoms with van der Waals surface area (Å²) in [6.07, 6.45) is 0.421. The first-order chi connectivity index (χ1) is 12.9. The van der Waals surface area contributed by atoms with Crippen LogP contribution in [0.15, 0.2) is 47.4 Å². The molecule has 1 aromatic heterocycles. The van der Waals surface area contributed by atoms with Crippen molar-refractivity contribution in [3.05, 3.63) is 58.6 Å². The van der Waals surface area contributed by atoms with Crippen molar-refractivity contribution in [2.45, 2.75) is 19.3 Å². The zero-order valence-electron chi connectivity index (χ0n) is 14.8. The van der Waals surface area contributed by atoms with Gasteiger partial charge in [0.05, 0.1) is 0 Å². The molecule has 0 aliphatic carbocycles. The third-order valence-electron chi connectivity index (χ3n) is 3.49. The molecule has 144 valence electrons. The zero-order valence-corrected chi connectivity index (χ0v) is 20.1. The number of benzene rings is 1. The van der Waals surface area contributed by atoms with Crippen molar-refractivity contribution in [1.29, 1.82) is 0 Å². The number of hydrogen-bond acceptors (Lipinski definition) is 7. The molecule has 27 heavy (non-hydrogen) atoms. The summed E-state index contributed by atoms with van der Waals surface area (Å²) in [5.74, 6) is 0.212. The van der Waals surface area contributed by atoms with Crippen LogP contribution in [0.25, 0.3) is 0 Å². The number of aromatic nitrogens is 2. The van der Waals surface area contributed by atoms with Crippen LogP contribution in [0.4, 0.5) is 0 Å². The maximum absolute atomic E-state index is 12.2. The predicted octanol–water partition coefficient (Wildman–Crippen LogP) is 1.10. The summed E-state index contributed by atoms with van der Waals surface area (Å²) in [6, 6.07) is 10.6. The Kier molecular flexibility index (Phi) is 9.06. The van der Waals surface area contributed by atoms with E-state index in [9.17, 15) is 14.3 Å². The second-order valence-electron chi connectivity index (χ2n) is 5.55. The van der Waals surface area contributed by atoms with Crippen LogP contribution in [0.3, 0.4) is 0 Å². The van der Waals surface area contributed by atoms with E-state index in [2.05, 4.69) is 4.98 Å². The molecular formula is C16H20N2O7PTl. The molecule has 11 heteroatoms. The Labute approximate surface area is 173 Å². The standard InChI is InChI=1S/C16H20N2O7P.Tl/c1-23-15-7-8-18(16(20)17-15)9-14(10-19)24-12-26(21,22)25-11-13-5-3-2-4-6-13;/h2-8,14H,9-12H2,1H3,(H,21,22);/q-1;+1/t14-;/m0./s1. The second kappa shape index (κ2) is 11.0. The van der Waals surface area contributed by atoms with E-state index < -0.39 is 25.7 Å². The Morgan fingerprint density at radius 2 is 2.04 bits per heavy atom. The van der Waals surface area contributed by atoms with Gasteiger partial charge in [-0.05, 0) is 0 Å². The third kappa shape index (κ3) is 7.80. The second-order valence-corrected chi connectivity index (χ2v) is 8.64. The number of methoxy groups -OCH3 is 1. The monoisotopic (exact) mass is 588 g/mol. The summed E-state index contributed by atoms with van der Waals surface area (Å²) in [4.78, 5) is 25.7. The van der Waals surface area contributed by atoms with Crippen molar-refractivity contribution in [1.82, 2.24) is 9.55 Å². The molecule has 0 amide bonds. The Hall–Kier alpha value is -1.11. The molecule has 2 aromatic rings. The van der Waals surface area contributed by atoms with E-state index in [0.29, 0.717) is 0 Å². The molecule has 0 aliphatic rings. The summed E-state index contributed by atoms with van der Waals surface area (Å²) in [6.45, 7) is 0.326. The van der Waals surface area contributed by atoms with Gasteiger partial charge in [-0.15, -0.1) is 0 Å². The number of hydrogen-bond donors (Lipinski definition) is 1. The summed E-state index contributed by atoms with van der Waals surface area (Å²) >= 11 is 0.266. The van der Waals surface area contributed by atoms with Crippen molar-refractivity contribution in [3.63, 3.8) is 0 Å². The molecule has 2 rings (SSSR count). The molecule has 1 N–H and O–H groups in total. The molecule has 9 nitrogen and oxygen atoms in total. The van der Waals surface area contributed by atoms with Crippen LogP contribution in [-0.2, 0) is 29.7 Å². The van der Waals surface area contributed by atoms with E-state index in [0.717, 1.165) is 5.56 Å². The fourth-order valence-electron chi connectivity index (χ4n) is 2.13. The van der Waals surface area contributed by atoms with Crippen LogP contribution >= 0.6 is 7.60 Å². The molecule has 0 aliphatic heterocycles. The van der Waals surface area contributed by atoms with Crippen molar-refractivity contribution >= 4 is 33.8 Å². The van der Waals surface area contributed by atoms with Gasteiger partial charge in [-0.25, -0.2) is 0 Å². The van der Waals surface area contributed by atoms with Gasteiger partial charge in [0.2, 0.25) is 0 Å².